The lowest BCUT2D eigenvalue weighted by molar-refractivity contribution is -0.140. The molecular weight excluding hydrogens is 467 g/mol. The summed E-state index contributed by atoms with van der Waals surface area (Å²) in [7, 11) is 0. The highest BCUT2D eigenvalue weighted by Gasteiger charge is 2.34. The fourth-order valence-electron chi connectivity index (χ4n) is 4.85. The van der Waals surface area contributed by atoms with Crippen LogP contribution < -0.4 is 10.6 Å². The van der Waals surface area contributed by atoms with Gasteiger partial charge in [0, 0.05) is 40.4 Å². The van der Waals surface area contributed by atoms with Crippen LogP contribution in [0.1, 0.15) is 60.4 Å². The summed E-state index contributed by atoms with van der Waals surface area (Å²) in [6.07, 6.45) is 1.50. The Morgan fingerprint density at radius 3 is 2.56 bits per heavy atom. The first kappa shape index (κ1) is 23.0. The number of benzene rings is 1. The number of aryl methyl sites for hydroxylation is 2. The lowest BCUT2D eigenvalue weighted by atomic mass is 9.90. The number of nitrogens with zero attached hydrogens (tertiary/aromatic N) is 3. The smallest absolute Gasteiger partial charge is 0.382 e. The summed E-state index contributed by atoms with van der Waals surface area (Å²) < 4.78 is 42.1. The number of anilines is 1. The molecule has 34 heavy (non-hydrogen) atoms. The maximum Gasteiger partial charge on any atom is 0.433 e. The first-order chi connectivity index (χ1) is 16.3. The molecule has 1 fully saturated rings. The van der Waals surface area contributed by atoms with Crippen molar-refractivity contribution in [2.24, 2.45) is 0 Å². The molecule has 180 valence electrons. The van der Waals surface area contributed by atoms with E-state index in [-0.39, 0.29) is 23.5 Å². The Bertz CT molecular complexity index is 1190. The van der Waals surface area contributed by atoms with Crippen LogP contribution >= 0.6 is 11.6 Å². The predicted octanol–water partition coefficient (Wildman–Crippen LogP) is 5.59. The molecule has 0 bridgehead atoms. The highest BCUT2D eigenvalue weighted by atomic mass is 35.5. The fraction of sp³-hybridized carbons (Fsp3) is 0.458. The van der Waals surface area contributed by atoms with Crippen LogP contribution in [0, 0.1) is 0 Å². The summed E-state index contributed by atoms with van der Waals surface area (Å²) in [6, 6.07) is 7.58. The molecule has 1 amide bonds. The van der Waals surface area contributed by atoms with E-state index >= 15 is 0 Å². The molecule has 1 aliphatic carbocycles. The average molecular weight is 492 g/mol. The number of aromatic nitrogens is 3. The molecule has 3 aromatic rings. The van der Waals surface area contributed by atoms with E-state index in [2.05, 4.69) is 20.7 Å². The Hall–Kier alpha value is -2.81. The van der Waals surface area contributed by atoms with E-state index in [1.54, 1.807) is 6.07 Å². The van der Waals surface area contributed by atoms with Gasteiger partial charge in [0.25, 0.3) is 5.91 Å². The molecule has 0 spiro atoms. The van der Waals surface area contributed by atoms with Gasteiger partial charge in [-0.25, -0.2) is 4.98 Å². The molecule has 6 nitrogen and oxygen atoms in total. The SMILES string of the molecule is O=C(NC1CCC(Nc2cc(C(F)(F)F)nc3ccc(Cl)cc23)CC1)c1cc2n(n1)CCCC2. The van der Waals surface area contributed by atoms with E-state index in [0.717, 1.165) is 63.3 Å². The van der Waals surface area contributed by atoms with Gasteiger partial charge in [-0.1, -0.05) is 11.6 Å². The number of carbonyl (C=O) groups is 1. The molecule has 2 aromatic heterocycles. The average Bonchev–Trinajstić information content (AvgIpc) is 3.24. The van der Waals surface area contributed by atoms with Crippen LogP contribution in [0.25, 0.3) is 10.9 Å². The molecule has 5 rings (SSSR count). The molecule has 1 aliphatic heterocycles. The fourth-order valence-corrected chi connectivity index (χ4v) is 5.03. The monoisotopic (exact) mass is 491 g/mol. The van der Waals surface area contributed by atoms with Crippen molar-refractivity contribution in [3.8, 4) is 0 Å². The summed E-state index contributed by atoms with van der Waals surface area (Å²) in [5.74, 6) is -0.164. The van der Waals surface area contributed by atoms with E-state index < -0.39 is 11.9 Å². The van der Waals surface area contributed by atoms with Crippen molar-refractivity contribution in [1.82, 2.24) is 20.1 Å². The lowest BCUT2D eigenvalue weighted by Crippen LogP contribution is -2.40. The van der Waals surface area contributed by atoms with Gasteiger partial charge < -0.3 is 10.6 Å². The molecule has 0 saturated heterocycles. The van der Waals surface area contributed by atoms with Crippen molar-refractivity contribution < 1.29 is 18.0 Å². The van der Waals surface area contributed by atoms with Crippen LogP contribution in [0.5, 0.6) is 0 Å². The van der Waals surface area contributed by atoms with Crippen LogP contribution in [0.15, 0.2) is 30.3 Å². The first-order valence-electron chi connectivity index (χ1n) is 11.6. The number of alkyl halides is 3. The lowest BCUT2D eigenvalue weighted by Gasteiger charge is -2.30. The second-order valence-electron chi connectivity index (χ2n) is 9.08. The number of hydrogen-bond acceptors (Lipinski definition) is 4. The molecule has 0 radical (unpaired) electrons. The maximum absolute atomic E-state index is 13.4. The number of carbonyl (C=O) groups excluding carboxylic acids is 1. The number of halogens is 4. The zero-order chi connectivity index (χ0) is 23.9. The third-order valence-corrected chi connectivity index (χ3v) is 6.87. The van der Waals surface area contributed by atoms with Gasteiger partial charge >= 0.3 is 6.18 Å². The molecule has 0 unspecified atom stereocenters. The van der Waals surface area contributed by atoms with Crippen molar-refractivity contribution in [2.45, 2.75) is 69.8 Å². The van der Waals surface area contributed by atoms with E-state index in [4.69, 9.17) is 11.6 Å². The van der Waals surface area contributed by atoms with Crippen LogP contribution in [-0.2, 0) is 19.1 Å². The highest BCUT2D eigenvalue weighted by molar-refractivity contribution is 6.31. The van der Waals surface area contributed by atoms with Crippen molar-refractivity contribution in [3.63, 3.8) is 0 Å². The van der Waals surface area contributed by atoms with Crippen LogP contribution in [0.3, 0.4) is 0 Å². The summed E-state index contributed by atoms with van der Waals surface area (Å²) in [5.41, 5.74) is 1.24. The normalized spacial score (nSPS) is 20.7. The number of pyridine rings is 1. The zero-order valence-electron chi connectivity index (χ0n) is 18.5. The number of nitrogens with one attached hydrogen (secondary N) is 2. The van der Waals surface area contributed by atoms with Crippen LogP contribution in [-0.4, -0.2) is 32.8 Å². The van der Waals surface area contributed by atoms with Crippen molar-refractivity contribution >= 4 is 34.1 Å². The number of rotatable bonds is 4. The molecule has 2 N–H and O–H groups in total. The van der Waals surface area contributed by atoms with Gasteiger partial charge in [0.1, 0.15) is 11.4 Å². The van der Waals surface area contributed by atoms with Crippen molar-refractivity contribution in [2.75, 3.05) is 5.32 Å². The minimum atomic E-state index is -4.54. The van der Waals surface area contributed by atoms with Crippen molar-refractivity contribution in [3.05, 3.63) is 52.4 Å². The number of amides is 1. The molecule has 3 heterocycles. The van der Waals surface area contributed by atoms with Gasteiger partial charge in [-0.2, -0.15) is 18.3 Å². The Kier molecular flexibility index (Phi) is 6.14. The largest absolute Gasteiger partial charge is 0.433 e. The Morgan fingerprint density at radius 2 is 1.82 bits per heavy atom. The molecule has 0 atom stereocenters. The van der Waals surface area contributed by atoms with Gasteiger partial charge in [0.05, 0.1) is 5.52 Å². The van der Waals surface area contributed by atoms with Crippen molar-refractivity contribution in [1.29, 1.82) is 0 Å². The van der Waals surface area contributed by atoms with E-state index in [1.165, 1.54) is 12.1 Å². The van der Waals surface area contributed by atoms with Gasteiger partial charge in [-0.15, -0.1) is 0 Å². The van der Waals surface area contributed by atoms with Gasteiger partial charge in [0.2, 0.25) is 0 Å². The number of fused-ring (bicyclic) bond motifs is 2. The van der Waals surface area contributed by atoms with Crippen LogP contribution in [0.4, 0.5) is 18.9 Å². The molecule has 1 saturated carbocycles. The first-order valence-corrected chi connectivity index (χ1v) is 12.0. The minimum Gasteiger partial charge on any atom is -0.382 e. The highest BCUT2D eigenvalue weighted by Crippen LogP contribution is 2.35. The summed E-state index contributed by atoms with van der Waals surface area (Å²) in [6.45, 7) is 0.852. The zero-order valence-corrected chi connectivity index (χ0v) is 19.2. The second-order valence-corrected chi connectivity index (χ2v) is 9.52. The van der Waals surface area contributed by atoms with E-state index in [0.29, 0.717) is 21.8 Å². The number of hydrogen-bond donors (Lipinski definition) is 2. The van der Waals surface area contributed by atoms with E-state index in [9.17, 15) is 18.0 Å². The van der Waals surface area contributed by atoms with E-state index in [1.807, 2.05) is 10.7 Å². The van der Waals surface area contributed by atoms with Gasteiger partial charge in [-0.05, 0) is 75.3 Å². The minimum absolute atomic E-state index is 0.0126. The Balaban J connectivity index is 1.24. The third kappa shape index (κ3) is 4.85. The van der Waals surface area contributed by atoms with Crippen LogP contribution in [0.2, 0.25) is 5.02 Å². The summed E-state index contributed by atoms with van der Waals surface area (Å²) in [5, 5.41) is 11.8. The predicted molar refractivity (Wildman–Crippen MR) is 124 cm³/mol. The second kappa shape index (κ2) is 9.09. The Labute approximate surface area is 199 Å². The standard InChI is InChI=1S/C24H25ClF3N5O/c25-14-4-9-19-18(11-14)20(13-22(31-19)24(26,27)28)29-15-5-7-16(8-6-15)30-23(34)21-12-17-3-1-2-10-33(17)32-21/h4,9,11-13,15-16H,1-3,5-8,10H2,(H,29,31)(H,30,34). The molecular formula is C24H25ClF3N5O. The summed E-state index contributed by atoms with van der Waals surface area (Å²) >= 11 is 6.09. The third-order valence-electron chi connectivity index (χ3n) is 6.63. The Morgan fingerprint density at radius 1 is 1.06 bits per heavy atom. The molecule has 2 aliphatic rings. The van der Waals surface area contributed by atoms with Gasteiger partial charge in [0.15, 0.2) is 0 Å². The quantitative estimate of drug-likeness (QED) is 0.499. The molecule has 1 aromatic carbocycles. The maximum atomic E-state index is 13.4. The topological polar surface area (TPSA) is 71.8 Å². The summed E-state index contributed by atoms with van der Waals surface area (Å²) in [4.78, 5) is 16.4. The van der Waals surface area contributed by atoms with Gasteiger partial charge in [-0.3, -0.25) is 9.48 Å². The molecule has 10 heteroatoms.